The van der Waals surface area contributed by atoms with Crippen molar-refractivity contribution in [2.45, 2.75) is 397 Å². The molecule has 1 amide bonds. The van der Waals surface area contributed by atoms with Gasteiger partial charge in [0, 0.05) is 12.8 Å². The minimum atomic E-state index is -1.58. The molecule has 1 fully saturated rings. The highest BCUT2D eigenvalue weighted by Gasteiger charge is 2.44. The van der Waals surface area contributed by atoms with Gasteiger partial charge in [-0.05, 0) is 110 Å². The molecular weight excluding hydrogens is 1120 g/mol. The lowest BCUT2D eigenvalue weighted by Crippen LogP contribution is -2.60. The first-order valence-electron chi connectivity index (χ1n) is 38.2. The molecule has 7 unspecified atom stereocenters. The van der Waals surface area contributed by atoms with Gasteiger partial charge < -0.3 is 45.1 Å². The third-order valence-corrected chi connectivity index (χ3v) is 17.8. The highest BCUT2D eigenvalue weighted by Crippen LogP contribution is 2.23. The van der Waals surface area contributed by atoms with Gasteiger partial charge in [0.25, 0.3) is 0 Å². The van der Waals surface area contributed by atoms with Gasteiger partial charge in [0.15, 0.2) is 6.29 Å². The van der Waals surface area contributed by atoms with Gasteiger partial charge in [-0.3, -0.25) is 9.59 Å². The summed E-state index contributed by atoms with van der Waals surface area (Å²) in [4.78, 5) is 25.1. The molecular formula is C79H143NO10. The van der Waals surface area contributed by atoms with Crippen LogP contribution in [0.25, 0.3) is 0 Å². The zero-order valence-electron chi connectivity index (χ0n) is 58.3. The van der Waals surface area contributed by atoms with Gasteiger partial charge in [-0.25, -0.2) is 0 Å². The zero-order chi connectivity index (χ0) is 65.1. The molecule has 7 atom stereocenters. The number of amides is 1. The number of carbonyl (C=O) groups excluding carboxylic acids is 2. The third kappa shape index (κ3) is 55.5. The quantitative estimate of drug-likeness (QED) is 0.0195. The molecule has 90 heavy (non-hydrogen) atoms. The minimum Gasteiger partial charge on any atom is -0.466 e. The van der Waals surface area contributed by atoms with Crippen LogP contribution in [0.1, 0.15) is 354 Å². The van der Waals surface area contributed by atoms with Crippen LogP contribution in [-0.4, -0.2) is 100 Å². The van der Waals surface area contributed by atoms with E-state index in [-0.39, 0.29) is 18.5 Å². The molecule has 1 aliphatic heterocycles. The van der Waals surface area contributed by atoms with Gasteiger partial charge >= 0.3 is 5.97 Å². The van der Waals surface area contributed by atoms with Gasteiger partial charge in [-0.1, -0.05) is 305 Å². The van der Waals surface area contributed by atoms with Gasteiger partial charge in [0.1, 0.15) is 24.4 Å². The fourth-order valence-electron chi connectivity index (χ4n) is 11.9. The summed E-state index contributed by atoms with van der Waals surface area (Å²) >= 11 is 0. The Hall–Kier alpha value is -2.90. The maximum absolute atomic E-state index is 13.0. The maximum atomic E-state index is 13.0. The van der Waals surface area contributed by atoms with Crippen molar-refractivity contribution in [3.63, 3.8) is 0 Å². The van der Waals surface area contributed by atoms with E-state index >= 15 is 0 Å². The van der Waals surface area contributed by atoms with Crippen molar-refractivity contribution in [2.75, 3.05) is 19.8 Å². The molecule has 0 spiro atoms. The van der Waals surface area contributed by atoms with Crippen LogP contribution < -0.4 is 5.32 Å². The number of aliphatic hydroxyl groups excluding tert-OH is 5. The summed E-state index contributed by atoms with van der Waals surface area (Å²) in [5.41, 5.74) is 0. The Balaban J connectivity index is 1.88. The van der Waals surface area contributed by atoms with E-state index in [0.717, 1.165) is 70.6 Å². The molecule has 1 aliphatic rings. The van der Waals surface area contributed by atoms with E-state index in [1.807, 2.05) is 19.1 Å². The van der Waals surface area contributed by atoms with E-state index in [0.29, 0.717) is 19.4 Å². The van der Waals surface area contributed by atoms with E-state index in [1.54, 1.807) is 6.08 Å². The molecule has 11 nitrogen and oxygen atoms in total. The first-order chi connectivity index (χ1) is 44.2. The number of allylic oxidation sites excluding steroid dienone is 11. The summed E-state index contributed by atoms with van der Waals surface area (Å²) in [5.74, 6) is -0.192. The number of hydrogen-bond donors (Lipinski definition) is 6. The number of rotatable bonds is 67. The molecule has 6 N–H and O–H groups in total. The molecule has 0 saturated carbocycles. The molecule has 0 aromatic rings. The summed E-state index contributed by atoms with van der Waals surface area (Å²) in [7, 11) is 0. The van der Waals surface area contributed by atoms with Crippen molar-refractivity contribution in [3.8, 4) is 0 Å². The van der Waals surface area contributed by atoms with Crippen molar-refractivity contribution in [3.05, 3.63) is 72.9 Å². The Morgan fingerprint density at radius 3 is 1.23 bits per heavy atom. The number of carbonyl (C=O) groups is 2. The molecule has 1 rings (SSSR count). The summed E-state index contributed by atoms with van der Waals surface area (Å²) in [6.45, 7) is 4.11. The van der Waals surface area contributed by atoms with Crippen molar-refractivity contribution in [1.29, 1.82) is 0 Å². The molecule has 1 saturated heterocycles. The third-order valence-electron chi connectivity index (χ3n) is 17.8. The molecule has 0 aliphatic carbocycles. The second kappa shape index (κ2) is 67.5. The van der Waals surface area contributed by atoms with E-state index < -0.39 is 49.5 Å². The van der Waals surface area contributed by atoms with E-state index in [1.165, 1.54) is 257 Å². The lowest BCUT2D eigenvalue weighted by Gasteiger charge is -2.40. The Morgan fingerprint density at radius 1 is 0.433 bits per heavy atom. The van der Waals surface area contributed by atoms with E-state index in [9.17, 15) is 35.1 Å². The summed E-state index contributed by atoms with van der Waals surface area (Å²) in [5, 5.41) is 54.3. The van der Waals surface area contributed by atoms with Crippen LogP contribution in [0.2, 0.25) is 0 Å². The van der Waals surface area contributed by atoms with Gasteiger partial charge in [-0.2, -0.15) is 0 Å². The Morgan fingerprint density at radius 2 is 0.800 bits per heavy atom. The molecule has 0 radical (unpaired) electrons. The van der Waals surface area contributed by atoms with Crippen molar-refractivity contribution < 1.29 is 49.3 Å². The van der Waals surface area contributed by atoms with Crippen LogP contribution in [0, 0.1) is 0 Å². The predicted octanol–water partition coefficient (Wildman–Crippen LogP) is 20.2. The van der Waals surface area contributed by atoms with Crippen LogP contribution in [0.15, 0.2) is 72.9 Å². The normalized spacial score (nSPS) is 18.1. The molecule has 524 valence electrons. The highest BCUT2D eigenvalue weighted by molar-refractivity contribution is 5.76. The largest absolute Gasteiger partial charge is 0.466 e. The minimum absolute atomic E-state index is 0.00474. The maximum Gasteiger partial charge on any atom is 0.305 e. The van der Waals surface area contributed by atoms with E-state index in [4.69, 9.17) is 14.2 Å². The standard InChI is InChI=1S/C79H143NO10/c1-3-5-7-9-11-13-14-15-16-41-44-47-51-55-59-63-67-75(84)88-68-64-60-56-52-48-45-42-39-37-35-33-31-29-27-25-23-21-19-17-18-20-22-24-26-28-30-32-34-36-38-40-43-46-50-54-58-62-66-74(83)80-71(72(82)65-61-57-53-49-12-10-8-6-4-2)70-89-79-78(87)77(86)76(85)73(69-81)90-79/h4,6,12,16-17,19,23,25,41,49,61,65,71-73,76-79,81-82,85-87H,3,5,7-11,13-15,18,20-22,24,26-40,42-48,50-60,62-64,66-70H2,1-2H3,(H,80,83)/b6-4+,19-17-,25-23-,41-16-,49-12+,65-61+. The average Bonchev–Trinajstić information content (AvgIpc) is 0.988. The van der Waals surface area contributed by atoms with E-state index in [2.05, 4.69) is 66.9 Å². The molecule has 0 aromatic carbocycles. The van der Waals surface area contributed by atoms with Crippen LogP contribution >= 0.6 is 0 Å². The summed E-state index contributed by atoms with van der Waals surface area (Å²) < 4.78 is 16.7. The topological polar surface area (TPSA) is 175 Å². The fraction of sp³-hybridized carbons (Fsp3) is 0.823. The van der Waals surface area contributed by atoms with Crippen LogP contribution in [-0.2, 0) is 23.8 Å². The lowest BCUT2D eigenvalue weighted by molar-refractivity contribution is -0.302. The zero-order valence-corrected chi connectivity index (χ0v) is 58.3. The first-order valence-corrected chi connectivity index (χ1v) is 38.2. The Bertz CT molecular complexity index is 1730. The van der Waals surface area contributed by atoms with Crippen LogP contribution in [0.5, 0.6) is 0 Å². The van der Waals surface area contributed by atoms with Gasteiger partial charge in [0.05, 0.1) is 32.0 Å². The van der Waals surface area contributed by atoms with Crippen LogP contribution in [0.3, 0.4) is 0 Å². The van der Waals surface area contributed by atoms with Crippen LogP contribution in [0.4, 0.5) is 0 Å². The van der Waals surface area contributed by atoms with Gasteiger partial charge in [0.2, 0.25) is 5.91 Å². The smallest absolute Gasteiger partial charge is 0.305 e. The number of unbranched alkanes of at least 4 members (excludes halogenated alkanes) is 44. The molecule has 0 aromatic heterocycles. The fourth-order valence-corrected chi connectivity index (χ4v) is 11.9. The predicted molar refractivity (Wildman–Crippen MR) is 380 cm³/mol. The summed E-state index contributed by atoms with van der Waals surface area (Å²) in [6, 6.07) is -0.832. The molecule has 0 bridgehead atoms. The number of nitrogens with one attached hydrogen (secondary N) is 1. The van der Waals surface area contributed by atoms with Crippen molar-refractivity contribution >= 4 is 11.9 Å². The van der Waals surface area contributed by atoms with Gasteiger partial charge in [-0.15, -0.1) is 0 Å². The number of hydrogen-bond acceptors (Lipinski definition) is 10. The number of aliphatic hydroxyl groups is 5. The Labute approximate surface area is 553 Å². The number of esters is 1. The van der Waals surface area contributed by atoms with Crippen molar-refractivity contribution in [1.82, 2.24) is 5.32 Å². The summed E-state index contributed by atoms with van der Waals surface area (Å²) in [6.07, 6.45) is 82.5. The molecule has 11 heteroatoms. The first kappa shape index (κ1) is 85.1. The highest BCUT2D eigenvalue weighted by atomic mass is 16.7. The molecule has 1 heterocycles. The average molecular weight is 1270 g/mol. The SMILES string of the molecule is C/C=C/CC/C=C/CC/C=C/C(O)C(COC1OC(CO)C(O)C(O)C1O)NC(=O)CCCCCCCCCCCCCCCCCCC/C=C\C/C=C\CCCCCCCCCCCCCCCOC(=O)CCCCCCC/C=C\CCCCCCCCC. The monoisotopic (exact) mass is 1270 g/mol. The van der Waals surface area contributed by atoms with Crippen molar-refractivity contribution in [2.24, 2.45) is 0 Å². The second-order valence-corrected chi connectivity index (χ2v) is 26.3. The second-order valence-electron chi connectivity index (χ2n) is 26.3. The Kier molecular flexibility index (Phi) is 63.9. The number of ether oxygens (including phenoxy) is 3. The lowest BCUT2D eigenvalue weighted by atomic mass is 9.99.